The van der Waals surface area contributed by atoms with Crippen molar-refractivity contribution >= 4 is 5.91 Å². The highest BCUT2D eigenvalue weighted by molar-refractivity contribution is 5.94. The SMILES string of the molecule is CC(C)COc1ccc(CCNC(=O)c2ccc(CN)cc2)cc1. The Hall–Kier alpha value is -2.33. The van der Waals surface area contributed by atoms with Crippen LogP contribution in [0.3, 0.4) is 0 Å². The molecule has 24 heavy (non-hydrogen) atoms. The molecule has 0 saturated heterocycles. The molecule has 0 atom stereocenters. The van der Waals surface area contributed by atoms with Crippen molar-refractivity contribution in [2.75, 3.05) is 13.2 Å². The lowest BCUT2D eigenvalue weighted by atomic mass is 10.1. The van der Waals surface area contributed by atoms with Crippen LogP contribution in [-0.4, -0.2) is 19.1 Å². The second-order valence-electron chi connectivity index (χ2n) is 6.26. The van der Waals surface area contributed by atoms with E-state index in [1.165, 1.54) is 5.56 Å². The Labute approximate surface area is 144 Å². The Balaban J connectivity index is 1.77. The molecule has 0 aliphatic heterocycles. The summed E-state index contributed by atoms with van der Waals surface area (Å²) in [6.07, 6.45) is 0.789. The molecular formula is C20H26N2O2. The van der Waals surface area contributed by atoms with Crippen molar-refractivity contribution in [1.82, 2.24) is 5.32 Å². The van der Waals surface area contributed by atoms with Crippen molar-refractivity contribution in [2.24, 2.45) is 11.7 Å². The molecule has 2 rings (SSSR count). The van der Waals surface area contributed by atoms with Crippen LogP contribution in [0.2, 0.25) is 0 Å². The summed E-state index contributed by atoms with van der Waals surface area (Å²) in [6, 6.07) is 15.4. The average molecular weight is 326 g/mol. The number of hydrogen-bond donors (Lipinski definition) is 2. The largest absolute Gasteiger partial charge is 0.493 e. The number of nitrogens with one attached hydrogen (secondary N) is 1. The molecule has 2 aromatic rings. The number of hydrogen-bond acceptors (Lipinski definition) is 3. The van der Waals surface area contributed by atoms with E-state index in [4.69, 9.17) is 10.5 Å². The lowest BCUT2D eigenvalue weighted by molar-refractivity contribution is 0.0954. The molecule has 0 spiro atoms. The van der Waals surface area contributed by atoms with E-state index in [-0.39, 0.29) is 5.91 Å². The van der Waals surface area contributed by atoms with Crippen molar-refractivity contribution in [1.29, 1.82) is 0 Å². The quantitative estimate of drug-likeness (QED) is 0.783. The van der Waals surface area contributed by atoms with Gasteiger partial charge in [0.15, 0.2) is 0 Å². The number of ether oxygens (including phenoxy) is 1. The first kappa shape index (κ1) is 18.0. The summed E-state index contributed by atoms with van der Waals surface area (Å²) in [5.74, 6) is 1.34. The smallest absolute Gasteiger partial charge is 0.251 e. The predicted molar refractivity (Wildman–Crippen MR) is 97.1 cm³/mol. The molecule has 0 heterocycles. The Kier molecular flexibility index (Phi) is 6.82. The van der Waals surface area contributed by atoms with Crippen molar-refractivity contribution < 1.29 is 9.53 Å². The van der Waals surface area contributed by atoms with Gasteiger partial charge in [0, 0.05) is 18.7 Å². The van der Waals surface area contributed by atoms with Gasteiger partial charge < -0.3 is 15.8 Å². The Bertz CT molecular complexity index is 634. The third-order valence-corrected chi connectivity index (χ3v) is 3.66. The Morgan fingerprint density at radius 2 is 1.67 bits per heavy atom. The third-order valence-electron chi connectivity index (χ3n) is 3.66. The molecular weight excluding hydrogens is 300 g/mol. The Morgan fingerprint density at radius 1 is 1.04 bits per heavy atom. The van der Waals surface area contributed by atoms with Crippen molar-refractivity contribution in [3.05, 3.63) is 65.2 Å². The molecule has 3 N–H and O–H groups in total. The summed E-state index contributed by atoms with van der Waals surface area (Å²) < 4.78 is 5.66. The molecule has 4 nitrogen and oxygen atoms in total. The summed E-state index contributed by atoms with van der Waals surface area (Å²) in [5, 5.41) is 2.94. The van der Waals surface area contributed by atoms with Gasteiger partial charge in [-0.05, 0) is 47.7 Å². The molecule has 0 saturated carbocycles. The number of carbonyl (C=O) groups excluding carboxylic acids is 1. The molecule has 0 unspecified atom stereocenters. The van der Waals surface area contributed by atoms with E-state index in [1.54, 1.807) is 12.1 Å². The van der Waals surface area contributed by atoms with Crippen LogP contribution in [0.5, 0.6) is 5.75 Å². The van der Waals surface area contributed by atoms with Crippen molar-refractivity contribution in [3.8, 4) is 5.75 Å². The second kappa shape index (κ2) is 9.08. The van der Waals surface area contributed by atoms with Gasteiger partial charge >= 0.3 is 0 Å². The van der Waals surface area contributed by atoms with Gasteiger partial charge in [0.1, 0.15) is 5.75 Å². The highest BCUT2D eigenvalue weighted by Gasteiger charge is 2.05. The van der Waals surface area contributed by atoms with E-state index in [9.17, 15) is 4.79 Å². The lowest BCUT2D eigenvalue weighted by Gasteiger charge is -2.09. The molecule has 0 radical (unpaired) electrons. The minimum absolute atomic E-state index is 0.0598. The van der Waals surface area contributed by atoms with Crippen LogP contribution >= 0.6 is 0 Å². The zero-order valence-corrected chi connectivity index (χ0v) is 14.4. The molecule has 4 heteroatoms. The van der Waals surface area contributed by atoms with Gasteiger partial charge in [-0.3, -0.25) is 4.79 Å². The predicted octanol–water partition coefficient (Wildman–Crippen LogP) is 3.15. The van der Waals surface area contributed by atoms with Crippen LogP contribution in [0, 0.1) is 5.92 Å². The van der Waals surface area contributed by atoms with Gasteiger partial charge in [0.2, 0.25) is 0 Å². The van der Waals surface area contributed by atoms with Gasteiger partial charge in [0.25, 0.3) is 5.91 Å². The lowest BCUT2D eigenvalue weighted by Crippen LogP contribution is -2.25. The van der Waals surface area contributed by atoms with Gasteiger partial charge in [-0.25, -0.2) is 0 Å². The first-order valence-corrected chi connectivity index (χ1v) is 8.37. The van der Waals surface area contributed by atoms with Crippen molar-refractivity contribution in [2.45, 2.75) is 26.8 Å². The fourth-order valence-corrected chi connectivity index (χ4v) is 2.23. The topological polar surface area (TPSA) is 64.3 Å². The van der Waals surface area contributed by atoms with Gasteiger partial charge in [-0.2, -0.15) is 0 Å². The molecule has 128 valence electrons. The standard InChI is InChI=1S/C20H26N2O2/c1-15(2)14-24-19-9-5-16(6-10-19)11-12-22-20(23)18-7-3-17(13-21)4-8-18/h3-10,15H,11-14,21H2,1-2H3,(H,22,23). The molecule has 2 aromatic carbocycles. The highest BCUT2D eigenvalue weighted by Crippen LogP contribution is 2.13. The van der Waals surface area contributed by atoms with Crippen LogP contribution in [0.25, 0.3) is 0 Å². The first-order chi connectivity index (χ1) is 11.6. The van der Waals surface area contributed by atoms with Gasteiger partial charge in [-0.1, -0.05) is 38.1 Å². The fourth-order valence-electron chi connectivity index (χ4n) is 2.23. The summed E-state index contributed by atoms with van der Waals surface area (Å²) in [6.45, 7) is 6.06. The van der Waals surface area contributed by atoms with Crippen LogP contribution < -0.4 is 15.8 Å². The van der Waals surface area contributed by atoms with E-state index >= 15 is 0 Å². The van der Waals surface area contributed by atoms with Crippen LogP contribution in [-0.2, 0) is 13.0 Å². The summed E-state index contributed by atoms with van der Waals surface area (Å²) in [5.41, 5.74) is 8.40. The molecule has 0 aromatic heterocycles. The number of nitrogens with two attached hydrogens (primary N) is 1. The van der Waals surface area contributed by atoms with Crippen LogP contribution in [0.1, 0.15) is 35.3 Å². The summed E-state index contributed by atoms with van der Waals surface area (Å²) in [7, 11) is 0. The number of benzene rings is 2. The van der Waals surface area contributed by atoms with Gasteiger partial charge in [-0.15, -0.1) is 0 Å². The number of carbonyl (C=O) groups is 1. The van der Waals surface area contributed by atoms with E-state index in [2.05, 4.69) is 19.2 Å². The van der Waals surface area contributed by atoms with Gasteiger partial charge in [0.05, 0.1) is 6.61 Å². The third kappa shape index (κ3) is 5.70. The van der Waals surface area contributed by atoms with Crippen LogP contribution in [0.4, 0.5) is 0 Å². The maximum atomic E-state index is 12.1. The average Bonchev–Trinajstić information content (AvgIpc) is 2.61. The normalized spacial score (nSPS) is 10.7. The number of rotatable bonds is 8. The maximum Gasteiger partial charge on any atom is 0.251 e. The molecule has 0 bridgehead atoms. The minimum Gasteiger partial charge on any atom is -0.493 e. The molecule has 0 aliphatic rings. The van der Waals surface area contributed by atoms with E-state index < -0.39 is 0 Å². The monoisotopic (exact) mass is 326 g/mol. The maximum absolute atomic E-state index is 12.1. The minimum atomic E-state index is -0.0598. The zero-order chi connectivity index (χ0) is 17.4. The van der Waals surface area contributed by atoms with E-state index in [1.807, 2.05) is 36.4 Å². The molecule has 0 fully saturated rings. The highest BCUT2D eigenvalue weighted by atomic mass is 16.5. The fraction of sp³-hybridized carbons (Fsp3) is 0.350. The summed E-state index contributed by atoms with van der Waals surface area (Å²) in [4.78, 5) is 12.1. The summed E-state index contributed by atoms with van der Waals surface area (Å²) >= 11 is 0. The van der Waals surface area contributed by atoms with Crippen molar-refractivity contribution in [3.63, 3.8) is 0 Å². The second-order valence-corrected chi connectivity index (χ2v) is 6.26. The molecule has 0 aliphatic carbocycles. The molecule has 1 amide bonds. The van der Waals surface area contributed by atoms with E-state index in [0.29, 0.717) is 24.6 Å². The zero-order valence-electron chi connectivity index (χ0n) is 14.4. The van der Waals surface area contributed by atoms with E-state index in [0.717, 1.165) is 24.3 Å². The number of amides is 1. The Morgan fingerprint density at radius 3 is 2.25 bits per heavy atom. The van der Waals surface area contributed by atoms with Crippen LogP contribution in [0.15, 0.2) is 48.5 Å². The first-order valence-electron chi connectivity index (χ1n) is 8.37.